The van der Waals surface area contributed by atoms with E-state index in [0.717, 1.165) is 0 Å². The van der Waals surface area contributed by atoms with Gasteiger partial charge in [-0.05, 0) is 0 Å². The van der Waals surface area contributed by atoms with Crippen LogP contribution in [-0.4, -0.2) is 17.3 Å². The minimum absolute atomic E-state index is 0. The summed E-state index contributed by atoms with van der Waals surface area (Å²) in [5.41, 5.74) is 1.09. The Balaban J connectivity index is 0.00000147. The Labute approximate surface area is 158 Å². The normalized spacial score (nSPS) is 13.8. The Morgan fingerprint density at radius 2 is 1.20 bits per heavy atom. The molecule has 0 N–H and O–H groups in total. The summed E-state index contributed by atoms with van der Waals surface area (Å²) < 4.78 is 0. The molecule has 0 radical (unpaired) electrons. The van der Waals surface area contributed by atoms with Gasteiger partial charge in [0.05, 0.1) is 0 Å². The monoisotopic (exact) mass is 289 g/mol. The zero-order valence-corrected chi connectivity index (χ0v) is 14.1. The summed E-state index contributed by atoms with van der Waals surface area (Å²) in [6, 6.07) is 15.0. The van der Waals surface area contributed by atoms with Gasteiger partial charge in [0, 0.05) is 16.7 Å². The van der Waals surface area contributed by atoms with E-state index in [0.29, 0.717) is 16.7 Å². The van der Waals surface area contributed by atoms with Crippen LogP contribution in [0.25, 0.3) is 0 Å². The molecule has 0 saturated carbocycles. The van der Waals surface area contributed by atoms with Crippen LogP contribution in [0, 0.1) is 5.92 Å². The first-order chi connectivity index (χ1) is 9.20. The molecule has 0 aromatic heterocycles. The van der Waals surface area contributed by atoms with Gasteiger partial charge in [-0.25, -0.2) is 0 Å². The number of hydrogen-bond acceptors (Lipinski definition) is 3. The number of hydrogen-bond donors (Lipinski definition) is 0. The van der Waals surface area contributed by atoms with E-state index >= 15 is 0 Å². The molecule has 2 aromatic carbocycles. The first-order valence-electron chi connectivity index (χ1n) is 5.97. The SMILES string of the molecule is O=C(c1ccccc1)C1C(=O)c2ccccc2C1=O.[K+]. The van der Waals surface area contributed by atoms with Crippen LogP contribution >= 0.6 is 0 Å². The molecule has 0 unspecified atom stereocenters. The average molecular weight is 289 g/mol. The molecule has 1 aliphatic carbocycles. The topological polar surface area (TPSA) is 51.2 Å². The molecule has 0 amide bonds. The molecule has 0 atom stereocenters. The van der Waals surface area contributed by atoms with E-state index in [1.54, 1.807) is 54.6 Å². The zero-order valence-electron chi connectivity index (χ0n) is 11.0. The fraction of sp³-hybridized carbons (Fsp3) is 0.0625. The van der Waals surface area contributed by atoms with Crippen LogP contribution < -0.4 is 51.4 Å². The van der Waals surface area contributed by atoms with Crippen molar-refractivity contribution in [3.63, 3.8) is 0 Å². The molecule has 0 saturated heterocycles. The maximum absolute atomic E-state index is 12.3. The van der Waals surface area contributed by atoms with E-state index < -0.39 is 23.3 Å². The number of carbonyl (C=O) groups is 3. The van der Waals surface area contributed by atoms with Gasteiger partial charge in [0.1, 0.15) is 5.92 Å². The number of fused-ring (bicyclic) bond motifs is 1. The van der Waals surface area contributed by atoms with Gasteiger partial charge in [-0.3, -0.25) is 14.4 Å². The van der Waals surface area contributed by atoms with Crippen molar-refractivity contribution in [2.75, 3.05) is 0 Å². The molecule has 0 bridgehead atoms. The molecule has 20 heavy (non-hydrogen) atoms. The molecule has 3 rings (SSSR count). The van der Waals surface area contributed by atoms with Crippen molar-refractivity contribution in [3.05, 3.63) is 71.3 Å². The zero-order chi connectivity index (χ0) is 13.4. The van der Waals surface area contributed by atoms with Crippen molar-refractivity contribution in [2.24, 2.45) is 5.92 Å². The maximum Gasteiger partial charge on any atom is 1.00 e. The second kappa shape index (κ2) is 6.24. The molecule has 4 heteroatoms. The van der Waals surface area contributed by atoms with Gasteiger partial charge in [-0.15, -0.1) is 0 Å². The third kappa shape index (κ3) is 2.50. The first-order valence-corrected chi connectivity index (χ1v) is 5.97. The Hall–Kier alpha value is -0.914. The molecule has 92 valence electrons. The van der Waals surface area contributed by atoms with Gasteiger partial charge < -0.3 is 0 Å². The van der Waals surface area contributed by atoms with Crippen LogP contribution in [0.4, 0.5) is 0 Å². The average Bonchev–Trinajstić information content (AvgIpc) is 2.72. The van der Waals surface area contributed by atoms with E-state index in [4.69, 9.17) is 0 Å². The number of Topliss-reactive ketones (excluding diaryl/α,β-unsaturated/α-hetero) is 3. The molecule has 3 nitrogen and oxygen atoms in total. The van der Waals surface area contributed by atoms with Crippen molar-refractivity contribution in [3.8, 4) is 0 Å². The van der Waals surface area contributed by atoms with E-state index in [2.05, 4.69) is 0 Å². The molecular weight excluding hydrogens is 279 g/mol. The summed E-state index contributed by atoms with van der Waals surface area (Å²) in [7, 11) is 0. The van der Waals surface area contributed by atoms with Gasteiger partial charge in [0.2, 0.25) is 0 Å². The number of carbonyl (C=O) groups excluding carboxylic acids is 3. The molecule has 0 heterocycles. The minimum Gasteiger partial charge on any atom is -0.293 e. The van der Waals surface area contributed by atoms with Crippen LogP contribution in [0.1, 0.15) is 31.1 Å². The summed E-state index contributed by atoms with van der Waals surface area (Å²) in [5.74, 6) is -2.42. The van der Waals surface area contributed by atoms with Crippen LogP contribution in [0.5, 0.6) is 0 Å². The van der Waals surface area contributed by atoms with Gasteiger partial charge in [-0.2, -0.15) is 0 Å². The predicted molar refractivity (Wildman–Crippen MR) is 69.4 cm³/mol. The van der Waals surface area contributed by atoms with Crippen molar-refractivity contribution in [1.29, 1.82) is 0 Å². The summed E-state index contributed by atoms with van der Waals surface area (Å²) in [4.78, 5) is 36.7. The van der Waals surface area contributed by atoms with Crippen molar-refractivity contribution in [2.45, 2.75) is 0 Å². The molecular formula is C16H10KO3+. The molecule has 1 aliphatic rings. The smallest absolute Gasteiger partial charge is 0.293 e. The van der Waals surface area contributed by atoms with Gasteiger partial charge in [0.25, 0.3) is 0 Å². The number of rotatable bonds is 2. The van der Waals surface area contributed by atoms with E-state index in [9.17, 15) is 14.4 Å². The van der Waals surface area contributed by atoms with Crippen molar-refractivity contribution in [1.82, 2.24) is 0 Å². The van der Waals surface area contributed by atoms with Crippen LogP contribution in [0.15, 0.2) is 54.6 Å². The molecule has 2 aromatic rings. The van der Waals surface area contributed by atoms with E-state index in [1.807, 2.05) is 0 Å². The number of benzene rings is 2. The van der Waals surface area contributed by atoms with Gasteiger partial charge >= 0.3 is 51.4 Å². The number of ketones is 3. The Kier molecular flexibility index (Phi) is 4.83. The maximum atomic E-state index is 12.3. The summed E-state index contributed by atoms with van der Waals surface area (Å²) in [5, 5.41) is 0. The standard InChI is InChI=1S/C16H10O3.K/c17-14(10-6-2-1-3-7-10)13-15(18)11-8-4-5-9-12(11)16(13)19;/h1-9,13H;/q;+1. The quantitative estimate of drug-likeness (QED) is 0.428. The van der Waals surface area contributed by atoms with E-state index in [-0.39, 0.29) is 51.4 Å². The molecule has 0 fully saturated rings. The van der Waals surface area contributed by atoms with Gasteiger partial charge in [0.15, 0.2) is 17.3 Å². The van der Waals surface area contributed by atoms with Crippen LogP contribution in [0.3, 0.4) is 0 Å². The Morgan fingerprint density at radius 1 is 0.750 bits per heavy atom. The van der Waals surface area contributed by atoms with Crippen molar-refractivity contribution >= 4 is 17.3 Å². The van der Waals surface area contributed by atoms with Crippen LogP contribution in [0.2, 0.25) is 0 Å². The third-order valence-electron chi connectivity index (χ3n) is 3.30. The fourth-order valence-electron chi connectivity index (χ4n) is 2.35. The molecule has 0 aliphatic heterocycles. The molecule has 0 spiro atoms. The fourth-order valence-corrected chi connectivity index (χ4v) is 2.35. The van der Waals surface area contributed by atoms with Crippen LogP contribution in [-0.2, 0) is 0 Å². The predicted octanol–water partition coefficient (Wildman–Crippen LogP) is -0.431. The third-order valence-corrected chi connectivity index (χ3v) is 3.30. The minimum atomic E-state index is -1.21. The first kappa shape index (κ1) is 15.5. The van der Waals surface area contributed by atoms with Crippen molar-refractivity contribution < 1.29 is 65.8 Å². The second-order valence-corrected chi connectivity index (χ2v) is 4.44. The Bertz CT molecular complexity index is 657. The largest absolute Gasteiger partial charge is 1.00 e. The Morgan fingerprint density at radius 3 is 1.70 bits per heavy atom. The van der Waals surface area contributed by atoms with E-state index in [1.165, 1.54) is 0 Å². The second-order valence-electron chi connectivity index (χ2n) is 4.44. The summed E-state index contributed by atoms with van der Waals surface area (Å²) >= 11 is 0. The summed E-state index contributed by atoms with van der Waals surface area (Å²) in [6.07, 6.45) is 0. The summed E-state index contributed by atoms with van der Waals surface area (Å²) in [6.45, 7) is 0. The van der Waals surface area contributed by atoms with Gasteiger partial charge in [-0.1, -0.05) is 54.6 Å².